The largest absolute Gasteiger partial charge is 0.356 e. The van der Waals surface area contributed by atoms with E-state index in [9.17, 15) is 4.79 Å². The van der Waals surface area contributed by atoms with Crippen LogP contribution in [0.15, 0.2) is 42.6 Å². The van der Waals surface area contributed by atoms with Crippen molar-refractivity contribution in [3.63, 3.8) is 0 Å². The summed E-state index contributed by atoms with van der Waals surface area (Å²) in [6.45, 7) is 6.73. The third kappa shape index (κ3) is 3.68. The second-order valence-electron chi connectivity index (χ2n) is 7.53. The van der Waals surface area contributed by atoms with E-state index in [0.29, 0.717) is 18.2 Å². The normalized spacial score (nSPS) is 17.3. The average Bonchev–Trinajstić information content (AvgIpc) is 3.03. The zero-order chi connectivity index (χ0) is 18.8. The number of rotatable bonds is 4. The summed E-state index contributed by atoms with van der Waals surface area (Å²) < 4.78 is 0. The Morgan fingerprint density at radius 3 is 3.00 bits per heavy atom. The number of nitrogens with zero attached hydrogens (tertiary/aromatic N) is 2. The Bertz CT molecular complexity index is 948. The molecule has 5 heteroatoms. The Hall–Kier alpha value is -2.82. The van der Waals surface area contributed by atoms with Crippen LogP contribution >= 0.6 is 0 Å². The number of nitrogens with one attached hydrogen (secondary N) is 2. The van der Waals surface area contributed by atoms with Crippen molar-refractivity contribution < 1.29 is 4.79 Å². The van der Waals surface area contributed by atoms with Crippen molar-refractivity contribution in [1.82, 2.24) is 15.3 Å². The lowest BCUT2D eigenvalue weighted by atomic mass is 9.98. The molecular weight excluding hydrogens is 336 g/mol. The summed E-state index contributed by atoms with van der Waals surface area (Å²) in [4.78, 5) is 22.8. The molecule has 1 fully saturated rings. The van der Waals surface area contributed by atoms with Crippen molar-refractivity contribution in [2.75, 3.05) is 24.5 Å². The smallest absolute Gasteiger partial charge is 0.268 e. The quantitative estimate of drug-likeness (QED) is 0.742. The minimum Gasteiger partial charge on any atom is -0.356 e. The molecule has 1 aliphatic rings. The molecule has 2 aromatic heterocycles. The summed E-state index contributed by atoms with van der Waals surface area (Å²) in [6.07, 6.45) is 4.09. The number of amides is 1. The fourth-order valence-electron chi connectivity index (χ4n) is 3.97. The van der Waals surface area contributed by atoms with Crippen LogP contribution in [-0.4, -0.2) is 35.5 Å². The molecule has 0 saturated carbocycles. The van der Waals surface area contributed by atoms with E-state index in [1.165, 1.54) is 5.56 Å². The molecule has 0 spiro atoms. The van der Waals surface area contributed by atoms with Crippen LogP contribution in [0, 0.1) is 19.8 Å². The maximum absolute atomic E-state index is 12.7. The molecule has 0 bridgehead atoms. The predicted octanol–water partition coefficient (Wildman–Crippen LogP) is 3.83. The van der Waals surface area contributed by atoms with E-state index < -0.39 is 0 Å². The van der Waals surface area contributed by atoms with E-state index in [1.807, 2.05) is 31.3 Å². The molecule has 3 aromatic rings. The van der Waals surface area contributed by atoms with Gasteiger partial charge in [-0.05, 0) is 62.4 Å². The number of carbonyl (C=O) groups is 1. The molecule has 1 amide bonds. The fourth-order valence-corrected chi connectivity index (χ4v) is 3.97. The van der Waals surface area contributed by atoms with E-state index in [4.69, 9.17) is 0 Å². The molecule has 0 radical (unpaired) electrons. The van der Waals surface area contributed by atoms with Gasteiger partial charge in [0.2, 0.25) is 0 Å². The SMILES string of the molecule is Cc1ccc2[nH]c(C(=O)NC[C@H]3CCCN(c4ccccn4)C3)c(C)c2c1. The van der Waals surface area contributed by atoms with Gasteiger partial charge >= 0.3 is 0 Å². The molecule has 1 atom stereocenters. The highest BCUT2D eigenvalue weighted by Gasteiger charge is 2.22. The maximum Gasteiger partial charge on any atom is 0.268 e. The maximum atomic E-state index is 12.7. The van der Waals surface area contributed by atoms with Gasteiger partial charge in [0.05, 0.1) is 0 Å². The number of benzene rings is 1. The Morgan fingerprint density at radius 2 is 2.19 bits per heavy atom. The van der Waals surface area contributed by atoms with Gasteiger partial charge in [0.15, 0.2) is 0 Å². The number of piperidine rings is 1. The molecule has 1 aliphatic heterocycles. The summed E-state index contributed by atoms with van der Waals surface area (Å²) >= 11 is 0. The molecule has 1 saturated heterocycles. The summed E-state index contributed by atoms with van der Waals surface area (Å²) in [7, 11) is 0. The number of hydrogen-bond donors (Lipinski definition) is 2. The number of pyridine rings is 1. The van der Waals surface area contributed by atoms with Gasteiger partial charge in [-0.3, -0.25) is 4.79 Å². The Balaban J connectivity index is 1.41. The Labute approximate surface area is 159 Å². The number of fused-ring (bicyclic) bond motifs is 1. The second-order valence-corrected chi connectivity index (χ2v) is 7.53. The highest BCUT2D eigenvalue weighted by Crippen LogP contribution is 2.24. The molecule has 3 heterocycles. The van der Waals surface area contributed by atoms with Crippen molar-refractivity contribution >= 4 is 22.6 Å². The van der Waals surface area contributed by atoms with Crippen LogP contribution in [-0.2, 0) is 0 Å². The highest BCUT2D eigenvalue weighted by molar-refractivity contribution is 6.01. The minimum absolute atomic E-state index is 0.0173. The molecular formula is C22H26N4O. The average molecular weight is 362 g/mol. The van der Waals surface area contributed by atoms with E-state index in [2.05, 4.69) is 45.3 Å². The van der Waals surface area contributed by atoms with Crippen LogP contribution in [0.2, 0.25) is 0 Å². The molecule has 2 N–H and O–H groups in total. The van der Waals surface area contributed by atoms with Gasteiger partial charge in [0, 0.05) is 36.7 Å². The molecule has 27 heavy (non-hydrogen) atoms. The van der Waals surface area contributed by atoms with Crippen molar-refractivity contribution in [3.05, 3.63) is 59.4 Å². The topological polar surface area (TPSA) is 61.0 Å². The fraction of sp³-hybridized carbons (Fsp3) is 0.364. The van der Waals surface area contributed by atoms with Crippen molar-refractivity contribution in [3.8, 4) is 0 Å². The summed E-state index contributed by atoms with van der Waals surface area (Å²) in [6, 6.07) is 12.2. The number of hydrogen-bond acceptors (Lipinski definition) is 3. The monoisotopic (exact) mass is 362 g/mol. The first kappa shape index (κ1) is 17.6. The molecule has 4 rings (SSSR count). The number of H-pyrrole nitrogens is 1. The first-order chi connectivity index (χ1) is 13.1. The van der Waals surface area contributed by atoms with Crippen LogP contribution in [0.3, 0.4) is 0 Å². The van der Waals surface area contributed by atoms with Gasteiger partial charge in [-0.15, -0.1) is 0 Å². The molecule has 1 aromatic carbocycles. The zero-order valence-corrected chi connectivity index (χ0v) is 16.0. The molecule has 0 unspecified atom stereocenters. The first-order valence-electron chi connectivity index (χ1n) is 9.65. The molecule has 5 nitrogen and oxygen atoms in total. The van der Waals surface area contributed by atoms with Gasteiger partial charge in [0.25, 0.3) is 5.91 Å². The van der Waals surface area contributed by atoms with E-state index in [1.54, 1.807) is 0 Å². The summed E-state index contributed by atoms with van der Waals surface area (Å²) in [5, 5.41) is 4.26. The third-order valence-corrected chi connectivity index (χ3v) is 5.48. The van der Waals surface area contributed by atoms with Gasteiger partial charge in [-0.25, -0.2) is 4.98 Å². The van der Waals surface area contributed by atoms with Crippen LogP contribution in [0.1, 0.15) is 34.5 Å². The number of carbonyl (C=O) groups excluding carboxylic acids is 1. The Kier molecular flexibility index (Phi) is 4.84. The molecule has 0 aliphatic carbocycles. The third-order valence-electron chi connectivity index (χ3n) is 5.48. The van der Waals surface area contributed by atoms with Crippen molar-refractivity contribution in [2.24, 2.45) is 5.92 Å². The van der Waals surface area contributed by atoms with Crippen molar-refractivity contribution in [2.45, 2.75) is 26.7 Å². The number of aryl methyl sites for hydroxylation is 2. The lowest BCUT2D eigenvalue weighted by Crippen LogP contribution is -2.41. The van der Waals surface area contributed by atoms with Crippen LogP contribution < -0.4 is 10.2 Å². The standard InChI is InChI=1S/C22H26N4O/c1-15-8-9-19-18(12-15)16(2)21(25-19)22(27)24-13-17-6-5-11-26(14-17)20-7-3-4-10-23-20/h3-4,7-10,12,17,25H,5-6,11,13-14H2,1-2H3,(H,24,27)/t17-/m1/s1. The van der Waals surface area contributed by atoms with Gasteiger partial charge in [-0.1, -0.05) is 17.7 Å². The molecule has 140 valence electrons. The van der Waals surface area contributed by atoms with E-state index in [0.717, 1.165) is 48.2 Å². The summed E-state index contributed by atoms with van der Waals surface area (Å²) in [5.74, 6) is 1.45. The van der Waals surface area contributed by atoms with Gasteiger partial charge < -0.3 is 15.2 Å². The highest BCUT2D eigenvalue weighted by atomic mass is 16.1. The summed E-state index contributed by atoms with van der Waals surface area (Å²) in [5.41, 5.74) is 3.91. The number of anilines is 1. The van der Waals surface area contributed by atoms with Crippen molar-refractivity contribution in [1.29, 1.82) is 0 Å². The number of aromatic nitrogens is 2. The van der Waals surface area contributed by atoms with Gasteiger partial charge in [-0.2, -0.15) is 0 Å². The minimum atomic E-state index is -0.0173. The lowest BCUT2D eigenvalue weighted by molar-refractivity contribution is 0.0941. The van der Waals surface area contributed by atoms with Gasteiger partial charge in [0.1, 0.15) is 11.5 Å². The lowest BCUT2D eigenvalue weighted by Gasteiger charge is -2.33. The van der Waals surface area contributed by atoms with Crippen LogP contribution in [0.4, 0.5) is 5.82 Å². The zero-order valence-electron chi connectivity index (χ0n) is 16.0. The predicted molar refractivity (Wildman–Crippen MR) is 109 cm³/mol. The van der Waals surface area contributed by atoms with E-state index in [-0.39, 0.29) is 5.91 Å². The Morgan fingerprint density at radius 1 is 1.30 bits per heavy atom. The number of aromatic amines is 1. The van der Waals surface area contributed by atoms with E-state index >= 15 is 0 Å². The second kappa shape index (κ2) is 7.43. The van der Waals surface area contributed by atoms with Crippen LogP contribution in [0.5, 0.6) is 0 Å². The first-order valence-corrected chi connectivity index (χ1v) is 9.65. The van der Waals surface area contributed by atoms with Crippen LogP contribution in [0.25, 0.3) is 10.9 Å².